The van der Waals surface area contributed by atoms with Gasteiger partial charge in [0.15, 0.2) is 0 Å². The summed E-state index contributed by atoms with van der Waals surface area (Å²) in [6, 6.07) is -0.266. The Bertz CT molecular complexity index is 117. The third-order valence-electron chi connectivity index (χ3n) is 2.45. The van der Waals surface area contributed by atoms with Crippen LogP contribution >= 0.6 is 0 Å². The molecule has 2 atom stereocenters. The first-order valence-corrected chi connectivity index (χ1v) is 4.25. The molecule has 1 aliphatic carbocycles. The highest BCUT2D eigenvalue weighted by Crippen LogP contribution is 2.26. The molecule has 1 saturated carbocycles. The molecule has 0 aromatic carbocycles. The predicted molar refractivity (Wildman–Crippen MR) is 40.6 cm³/mol. The van der Waals surface area contributed by atoms with Gasteiger partial charge in [-0.15, -0.1) is 0 Å². The second-order valence-electron chi connectivity index (χ2n) is 3.30. The van der Waals surface area contributed by atoms with Gasteiger partial charge in [-0.2, -0.15) is 0 Å². The average Bonchev–Trinajstić information content (AvgIpc) is 2.13. The zero-order chi connectivity index (χ0) is 8.27. The summed E-state index contributed by atoms with van der Waals surface area (Å²) in [5, 5.41) is 0. The van der Waals surface area contributed by atoms with Crippen LogP contribution in [0, 0.1) is 5.92 Å². The molecule has 0 heterocycles. The molecule has 2 N–H and O–H groups in total. The Morgan fingerprint density at radius 2 is 1.73 bits per heavy atom. The maximum absolute atomic E-state index is 12.3. The minimum Gasteiger partial charge on any atom is -0.327 e. The van der Waals surface area contributed by atoms with Crippen LogP contribution in [0.25, 0.3) is 0 Å². The summed E-state index contributed by atoms with van der Waals surface area (Å²) in [4.78, 5) is 0. The van der Waals surface area contributed by atoms with Gasteiger partial charge in [0, 0.05) is 12.0 Å². The van der Waals surface area contributed by atoms with Gasteiger partial charge in [0.25, 0.3) is 0 Å². The smallest absolute Gasteiger partial charge is 0.242 e. The van der Waals surface area contributed by atoms with Gasteiger partial charge in [0.2, 0.25) is 6.43 Å². The van der Waals surface area contributed by atoms with Gasteiger partial charge in [-0.25, -0.2) is 8.78 Å². The molecule has 0 spiro atoms. The predicted octanol–water partition coefficient (Wildman–Crippen LogP) is 2.16. The first-order valence-electron chi connectivity index (χ1n) is 4.25. The molecule has 1 aliphatic rings. The first kappa shape index (κ1) is 8.91. The Morgan fingerprint density at radius 1 is 1.09 bits per heavy atom. The highest BCUT2D eigenvalue weighted by atomic mass is 19.3. The van der Waals surface area contributed by atoms with Crippen molar-refractivity contribution in [2.24, 2.45) is 11.7 Å². The number of rotatable bonds is 1. The lowest BCUT2D eigenvalue weighted by Crippen LogP contribution is -2.33. The Labute approximate surface area is 66.0 Å². The molecule has 0 aromatic heterocycles. The van der Waals surface area contributed by atoms with Crippen LogP contribution in [0.15, 0.2) is 0 Å². The molecule has 0 radical (unpaired) electrons. The lowest BCUT2D eigenvalue weighted by Gasteiger charge is -2.19. The molecule has 0 amide bonds. The standard InChI is InChI=1S/C8H15F2N/c9-8(10)6-4-2-1-3-5-7(6)11/h6-8H,1-5,11H2/t6-,7+/m0/s1. The Morgan fingerprint density at radius 3 is 2.36 bits per heavy atom. The summed E-state index contributed by atoms with van der Waals surface area (Å²) in [5.41, 5.74) is 5.60. The zero-order valence-electron chi connectivity index (χ0n) is 6.60. The van der Waals surface area contributed by atoms with Crippen LogP contribution in [0.2, 0.25) is 0 Å². The van der Waals surface area contributed by atoms with Crippen LogP contribution in [-0.2, 0) is 0 Å². The van der Waals surface area contributed by atoms with Crippen LogP contribution in [-0.4, -0.2) is 12.5 Å². The van der Waals surface area contributed by atoms with Crippen molar-refractivity contribution in [1.82, 2.24) is 0 Å². The Kier molecular flexibility index (Phi) is 3.24. The van der Waals surface area contributed by atoms with Crippen molar-refractivity contribution in [2.75, 3.05) is 0 Å². The third-order valence-corrected chi connectivity index (χ3v) is 2.45. The van der Waals surface area contributed by atoms with Gasteiger partial charge >= 0.3 is 0 Å². The van der Waals surface area contributed by atoms with Crippen molar-refractivity contribution in [3.05, 3.63) is 0 Å². The molecule has 1 nitrogen and oxygen atoms in total. The van der Waals surface area contributed by atoms with Crippen LogP contribution in [0.1, 0.15) is 32.1 Å². The number of nitrogens with two attached hydrogens (primary N) is 1. The van der Waals surface area contributed by atoms with Crippen LogP contribution in [0.3, 0.4) is 0 Å². The van der Waals surface area contributed by atoms with E-state index in [1.807, 2.05) is 0 Å². The van der Waals surface area contributed by atoms with Gasteiger partial charge in [-0.3, -0.25) is 0 Å². The summed E-state index contributed by atoms with van der Waals surface area (Å²) in [7, 11) is 0. The fraction of sp³-hybridized carbons (Fsp3) is 1.00. The fourth-order valence-electron chi connectivity index (χ4n) is 1.68. The molecule has 0 aromatic rings. The topological polar surface area (TPSA) is 26.0 Å². The van der Waals surface area contributed by atoms with Gasteiger partial charge in [0.1, 0.15) is 0 Å². The van der Waals surface area contributed by atoms with Crippen molar-refractivity contribution in [3.8, 4) is 0 Å². The van der Waals surface area contributed by atoms with E-state index in [-0.39, 0.29) is 6.04 Å². The van der Waals surface area contributed by atoms with E-state index in [4.69, 9.17) is 5.73 Å². The molecule has 3 heteroatoms. The minimum atomic E-state index is -2.22. The Balaban J connectivity index is 2.45. The van der Waals surface area contributed by atoms with E-state index in [1.165, 1.54) is 0 Å². The first-order chi connectivity index (χ1) is 5.22. The van der Waals surface area contributed by atoms with E-state index in [2.05, 4.69) is 0 Å². The molecule has 0 aliphatic heterocycles. The molecule has 11 heavy (non-hydrogen) atoms. The second kappa shape index (κ2) is 4.00. The lowest BCUT2D eigenvalue weighted by molar-refractivity contribution is 0.0591. The van der Waals surface area contributed by atoms with Crippen molar-refractivity contribution in [2.45, 2.75) is 44.6 Å². The minimum absolute atomic E-state index is 0.266. The van der Waals surface area contributed by atoms with Gasteiger partial charge in [-0.1, -0.05) is 19.3 Å². The number of hydrogen-bond donors (Lipinski definition) is 1. The maximum Gasteiger partial charge on any atom is 0.242 e. The largest absolute Gasteiger partial charge is 0.327 e. The quantitative estimate of drug-likeness (QED) is 0.589. The zero-order valence-corrected chi connectivity index (χ0v) is 6.60. The van der Waals surface area contributed by atoms with Crippen LogP contribution in [0.5, 0.6) is 0 Å². The third kappa shape index (κ3) is 2.40. The monoisotopic (exact) mass is 163 g/mol. The highest BCUT2D eigenvalue weighted by Gasteiger charge is 2.27. The van der Waals surface area contributed by atoms with Gasteiger partial charge < -0.3 is 5.73 Å². The second-order valence-corrected chi connectivity index (χ2v) is 3.30. The van der Waals surface area contributed by atoms with E-state index in [9.17, 15) is 8.78 Å². The molecule has 66 valence electrons. The molecule has 1 rings (SSSR count). The van der Waals surface area contributed by atoms with E-state index in [0.717, 1.165) is 25.7 Å². The molecule has 0 bridgehead atoms. The maximum atomic E-state index is 12.3. The van der Waals surface area contributed by atoms with Crippen molar-refractivity contribution in [3.63, 3.8) is 0 Å². The van der Waals surface area contributed by atoms with Crippen LogP contribution < -0.4 is 5.73 Å². The Hall–Kier alpha value is -0.180. The fourth-order valence-corrected chi connectivity index (χ4v) is 1.68. The number of alkyl halides is 2. The van der Waals surface area contributed by atoms with E-state index >= 15 is 0 Å². The molecule has 0 unspecified atom stereocenters. The van der Waals surface area contributed by atoms with Crippen LogP contribution in [0.4, 0.5) is 8.78 Å². The van der Waals surface area contributed by atoms with Crippen molar-refractivity contribution in [1.29, 1.82) is 0 Å². The molecule has 0 saturated heterocycles. The van der Waals surface area contributed by atoms with E-state index < -0.39 is 12.3 Å². The summed E-state index contributed by atoms with van der Waals surface area (Å²) >= 11 is 0. The lowest BCUT2D eigenvalue weighted by atomic mass is 9.96. The van der Waals surface area contributed by atoms with Gasteiger partial charge in [-0.05, 0) is 12.8 Å². The van der Waals surface area contributed by atoms with E-state index in [1.54, 1.807) is 0 Å². The summed E-state index contributed by atoms with van der Waals surface area (Å²) in [5.74, 6) is -0.544. The van der Waals surface area contributed by atoms with Crippen molar-refractivity contribution < 1.29 is 8.78 Å². The summed E-state index contributed by atoms with van der Waals surface area (Å²) in [6.45, 7) is 0. The van der Waals surface area contributed by atoms with Gasteiger partial charge in [0.05, 0.1) is 0 Å². The number of hydrogen-bond acceptors (Lipinski definition) is 1. The average molecular weight is 163 g/mol. The van der Waals surface area contributed by atoms with Crippen molar-refractivity contribution >= 4 is 0 Å². The number of halogens is 2. The highest BCUT2D eigenvalue weighted by molar-refractivity contribution is 4.77. The molecular weight excluding hydrogens is 148 g/mol. The molecular formula is C8H15F2N. The normalized spacial score (nSPS) is 33.8. The summed E-state index contributed by atoms with van der Waals surface area (Å²) < 4.78 is 24.5. The van der Waals surface area contributed by atoms with E-state index in [0.29, 0.717) is 6.42 Å². The molecule has 1 fully saturated rings. The SMILES string of the molecule is N[C@@H]1CCCCC[C@@H]1C(F)F. The summed E-state index contributed by atoms with van der Waals surface area (Å²) in [6.07, 6.45) is 2.17.